The molecule has 0 bridgehead atoms. The Morgan fingerprint density at radius 1 is 1.08 bits per heavy atom. The van der Waals surface area contributed by atoms with Crippen LogP contribution in [0.1, 0.15) is 15.9 Å². The van der Waals surface area contributed by atoms with E-state index in [1.165, 1.54) is 53.5 Å². The highest BCUT2D eigenvalue weighted by atomic mass is 32.2. The van der Waals surface area contributed by atoms with Gasteiger partial charge in [-0.25, -0.2) is 8.42 Å². The number of aromatic hydroxyl groups is 1. The fourth-order valence-corrected chi connectivity index (χ4v) is 3.83. The monoisotopic (exact) mass is 371 g/mol. The van der Waals surface area contributed by atoms with E-state index >= 15 is 0 Å². The third-order valence-electron chi connectivity index (χ3n) is 3.78. The average molecular weight is 371 g/mol. The number of carbonyl (C=O) groups excluding carboxylic acids is 1. The van der Waals surface area contributed by atoms with Crippen molar-refractivity contribution in [1.29, 1.82) is 0 Å². The average Bonchev–Trinajstić information content (AvgIpc) is 3.03. The minimum absolute atomic E-state index is 0.00610. The molecule has 7 nitrogen and oxygen atoms in total. The van der Waals surface area contributed by atoms with Crippen molar-refractivity contribution in [2.75, 3.05) is 4.31 Å². The van der Waals surface area contributed by atoms with Gasteiger partial charge in [0.15, 0.2) is 0 Å². The van der Waals surface area contributed by atoms with Crippen LogP contribution in [0.3, 0.4) is 0 Å². The second-order valence-corrected chi connectivity index (χ2v) is 7.59. The van der Waals surface area contributed by atoms with Gasteiger partial charge in [-0.05, 0) is 43.3 Å². The number of aryl methyl sites for hydroxylation is 2. The van der Waals surface area contributed by atoms with Crippen LogP contribution in [0.15, 0.2) is 65.8 Å². The first kappa shape index (κ1) is 17.7. The highest BCUT2D eigenvalue weighted by molar-refractivity contribution is 7.93. The Hall–Kier alpha value is -3.13. The molecule has 0 aliphatic rings. The lowest BCUT2D eigenvalue weighted by Gasteiger charge is -2.22. The molecule has 3 rings (SSSR count). The molecular formula is C18H17N3O4S. The lowest BCUT2D eigenvalue weighted by atomic mass is 10.2. The van der Waals surface area contributed by atoms with Gasteiger partial charge in [0.1, 0.15) is 5.75 Å². The van der Waals surface area contributed by atoms with Gasteiger partial charge in [0.2, 0.25) is 0 Å². The molecule has 0 saturated heterocycles. The molecule has 3 aromatic rings. The summed E-state index contributed by atoms with van der Waals surface area (Å²) in [5, 5.41) is 13.4. The molecule has 1 aromatic heterocycles. The molecule has 0 aliphatic heterocycles. The quantitative estimate of drug-likeness (QED) is 0.760. The van der Waals surface area contributed by atoms with Crippen LogP contribution in [0.25, 0.3) is 0 Å². The van der Waals surface area contributed by atoms with E-state index in [-0.39, 0.29) is 21.9 Å². The van der Waals surface area contributed by atoms with Crippen molar-refractivity contribution in [2.24, 2.45) is 7.05 Å². The number of benzene rings is 2. The molecule has 1 N–H and O–H groups in total. The zero-order valence-electron chi connectivity index (χ0n) is 14.2. The zero-order valence-corrected chi connectivity index (χ0v) is 15.0. The topological polar surface area (TPSA) is 92.5 Å². The summed E-state index contributed by atoms with van der Waals surface area (Å²) in [6.07, 6.45) is 2.75. The fourth-order valence-electron chi connectivity index (χ4n) is 2.42. The lowest BCUT2D eigenvalue weighted by Crippen LogP contribution is -2.37. The number of carbonyl (C=O) groups is 1. The van der Waals surface area contributed by atoms with Crippen molar-refractivity contribution in [2.45, 2.75) is 11.8 Å². The van der Waals surface area contributed by atoms with E-state index < -0.39 is 15.9 Å². The minimum atomic E-state index is -4.16. The van der Waals surface area contributed by atoms with Gasteiger partial charge in [0.25, 0.3) is 15.9 Å². The molecule has 1 heterocycles. The summed E-state index contributed by atoms with van der Waals surface area (Å²) < 4.78 is 28.5. The molecule has 0 spiro atoms. The molecule has 1 amide bonds. The molecule has 0 aliphatic carbocycles. The van der Waals surface area contributed by atoms with Crippen LogP contribution >= 0.6 is 0 Å². The lowest BCUT2D eigenvalue weighted by molar-refractivity contribution is 0.100. The predicted octanol–water partition coefficient (Wildman–Crippen LogP) is 2.47. The van der Waals surface area contributed by atoms with E-state index in [1.807, 2.05) is 6.92 Å². The zero-order chi connectivity index (χ0) is 18.9. The summed E-state index contributed by atoms with van der Waals surface area (Å²) in [4.78, 5) is 13.0. The molecule has 0 atom stereocenters. The maximum Gasteiger partial charge on any atom is 0.275 e. The van der Waals surface area contributed by atoms with Gasteiger partial charge in [0.05, 0.1) is 22.3 Å². The first-order valence-electron chi connectivity index (χ1n) is 7.73. The molecule has 0 saturated carbocycles. The Balaban J connectivity index is 2.15. The molecular weight excluding hydrogens is 354 g/mol. The van der Waals surface area contributed by atoms with Crippen molar-refractivity contribution in [3.63, 3.8) is 0 Å². The SMILES string of the molecule is Cc1ccc(S(=O)(=O)N(C(=O)c2cnn(C)c2)c2ccc(O)cc2)cc1. The Kier molecular flexibility index (Phi) is 4.52. The maximum absolute atomic E-state index is 13.2. The van der Waals surface area contributed by atoms with E-state index in [0.717, 1.165) is 5.56 Å². The molecule has 0 radical (unpaired) electrons. The summed E-state index contributed by atoms with van der Waals surface area (Å²) in [6, 6.07) is 11.6. The van der Waals surface area contributed by atoms with Crippen LogP contribution in [-0.2, 0) is 17.1 Å². The number of phenolic OH excluding ortho intramolecular Hbond substituents is 1. The Labute approximate surface area is 151 Å². The number of hydrogen-bond donors (Lipinski definition) is 1. The van der Waals surface area contributed by atoms with Crippen molar-refractivity contribution in [3.05, 3.63) is 72.1 Å². The summed E-state index contributed by atoms with van der Waals surface area (Å²) in [5.74, 6) is -0.764. The van der Waals surface area contributed by atoms with E-state index in [4.69, 9.17) is 0 Å². The highest BCUT2D eigenvalue weighted by Gasteiger charge is 2.32. The molecule has 0 fully saturated rings. The van der Waals surface area contributed by atoms with Gasteiger partial charge in [-0.15, -0.1) is 0 Å². The maximum atomic E-state index is 13.2. The van der Waals surface area contributed by atoms with Crippen molar-refractivity contribution < 1.29 is 18.3 Å². The van der Waals surface area contributed by atoms with Crippen LogP contribution in [-0.4, -0.2) is 29.2 Å². The number of phenols is 1. The van der Waals surface area contributed by atoms with Gasteiger partial charge in [-0.2, -0.15) is 9.40 Å². The van der Waals surface area contributed by atoms with Crippen LogP contribution in [0.5, 0.6) is 5.75 Å². The highest BCUT2D eigenvalue weighted by Crippen LogP contribution is 2.27. The van der Waals surface area contributed by atoms with Gasteiger partial charge in [-0.3, -0.25) is 9.48 Å². The van der Waals surface area contributed by atoms with Gasteiger partial charge >= 0.3 is 0 Å². The van der Waals surface area contributed by atoms with E-state index in [9.17, 15) is 18.3 Å². The van der Waals surface area contributed by atoms with Crippen LogP contribution < -0.4 is 4.31 Å². The number of amides is 1. The van der Waals surface area contributed by atoms with Crippen molar-refractivity contribution in [1.82, 2.24) is 9.78 Å². The third-order valence-corrected chi connectivity index (χ3v) is 5.50. The van der Waals surface area contributed by atoms with Gasteiger partial charge < -0.3 is 5.11 Å². The Bertz CT molecular complexity index is 1040. The smallest absolute Gasteiger partial charge is 0.275 e. The normalized spacial score (nSPS) is 11.3. The third kappa shape index (κ3) is 3.31. The van der Waals surface area contributed by atoms with Crippen LogP contribution in [0, 0.1) is 6.92 Å². The van der Waals surface area contributed by atoms with Gasteiger partial charge in [-0.1, -0.05) is 17.7 Å². The first-order chi connectivity index (χ1) is 12.3. The molecule has 8 heteroatoms. The standard InChI is InChI=1S/C18H17N3O4S/c1-13-3-9-17(10-4-13)26(24,25)21(15-5-7-16(22)8-6-15)18(23)14-11-19-20(2)12-14/h3-12,22H,1-2H3. The van der Waals surface area contributed by atoms with Crippen molar-refractivity contribution in [3.8, 4) is 5.75 Å². The second kappa shape index (κ2) is 6.64. The van der Waals surface area contributed by atoms with E-state index in [2.05, 4.69) is 5.10 Å². The summed E-state index contributed by atoms with van der Waals surface area (Å²) >= 11 is 0. The predicted molar refractivity (Wildman–Crippen MR) is 96.5 cm³/mol. The number of hydrogen-bond acceptors (Lipinski definition) is 5. The minimum Gasteiger partial charge on any atom is -0.508 e. The Morgan fingerprint density at radius 3 is 2.23 bits per heavy atom. The Morgan fingerprint density at radius 2 is 1.69 bits per heavy atom. The van der Waals surface area contributed by atoms with Crippen LogP contribution in [0.4, 0.5) is 5.69 Å². The number of anilines is 1. The van der Waals surface area contributed by atoms with Crippen molar-refractivity contribution >= 4 is 21.6 Å². The summed E-state index contributed by atoms with van der Waals surface area (Å²) in [5.41, 5.74) is 1.16. The summed E-state index contributed by atoms with van der Waals surface area (Å²) in [7, 11) is -2.52. The number of nitrogens with zero attached hydrogens (tertiary/aromatic N) is 3. The van der Waals surface area contributed by atoms with Crippen LogP contribution in [0.2, 0.25) is 0 Å². The molecule has 2 aromatic carbocycles. The van der Waals surface area contributed by atoms with E-state index in [0.29, 0.717) is 4.31 Å². The van der Waals surface area contributed by atoms with E-state index in [1.54, 1.807) is 19.2 Å². The number of sulfonamides is 1. The number of aromatic nitrogens is 2. The number of rotatable bonds is 4. The summed E-state index contributed by atoms with van der Waals surface area (Å²) in [6.45, 7) is 1.84. The molecule has 0 unspecified atom stereocenters. The molecule has 26 heavy (non-hydrogen) atoms. The fraction of sp³-hybridized carbons (Fsp3) is 0.111. The second-order valence-electron chi connectivity index (χ2n) is 5.81. The van der Waals surface area contributed by atoms with Gasteiger partial charge in [0, 0.05) is 13.2 Å². The largest absolute Gasteiger partial charge is 0.508 e. The first-order valence-corrected chi connectivity index (χ1v) is 9.17. The molecule has 134 valence electrons.